The lowest BCUT2D eigenvalue weighted by atomic mass is 9.97. The maximum atomic E-state index is 11.7. The second kappa shape index (κ2) is 3.59. The van der Waals surface area contributed by atoms with Gasteiger partial charge in [0, 0.05) is 11.7 Å². The fraction of sp³-hybridized carbons (Fsp3) is 1.00. The molecule has 1 aliphatic heterocycles. The molecule has 0 atom stereocenters. The van der Waals surface area contributed by atoms with Gasteiger partial charge in [-0.2, -0.15) is 0 Å². The molecule has 0 aromatic heterocycles. The molecule has 84 valence electrons. The molecule has 1 rings (SSSR count). The first-order valence-electron chi connectivity index (χ1n) is 4.18. The third-order valence-electron chi connectivity index (χ3n) is 1.70. The van der Waals surface area contributed by atoms with Gasteiger partial charge >= 0.3 is 7.60 Å². The van der Waals surface area contributed by atoms with Crippen LogP contribution in [-0.2, 0) is 23.4 Å². The quantitative estimate of drug-likeness (QED) is 0.682. The molecule has 0 amide bonds. The molecule has 0 unspecified atom stereocenters. The van der Waals surface area contributed by atoms with Crippen LogP contribution in [0.4, 0.5) is 0 Å². The van der Waals surface area contributed by atoms with E-state index in [0.717, 1.165) is 6.26 Å². The van der Waals surface area contributed by atoms with Crippen molar-refractivity contribution in [1.82, 2.24) is 0 Å². The Hall–Kier alpha value is 0.100. The van der Waals surface area contributed by atoms with Gasteiger partial charge in [0.1, 0.15) is 0 Å². The van der Waals surface area contributed by atoms with E-state index >= 15 is 0 Å². The van der Waals surface area contributed by atoms with E-state index in [-0.39, 0.29) is 18.6 Å². The van der Waals surface area contributed by atoms with Crippen molar-refractivity contribution in [2.75, 3.05) is 25.0 Å². The lowest BCUT2D eigenvalue weighted by molar-refractivity contribution is 0.0431. The van der Waals surface area contributed by atoms with Gasteiger partial charge in [-0.05, 0) is 0 Å². The van der Waals surface area contributed by atoms with Gasteiger partial charge in [0.2, 0.25) is 0 Å². The SMILES string of the molecule is CC1(C)COP(=O)(CS(C)(=O)=O)OC1. The van der Waals surface area contributed by atoms with Crippen LogP contribution < -0.4 is 0 Å². The zero-order valence-corrected chi connectivity index (χ0v) is 10.2. The first-order chi connectivity index (χ1) is 6.12. The molecule has 5 nitrogen and oxygen atoms in total. The summed E-state index contributed by atoms with van der Waals surface area (Å²) in [4.78, 5) is 0. The van der Waals surface area contributed by atoms with Crippen molar-refractivity contribution in [2.24, 2.45) is 5.41 Å². The van der Waals surface area contributed by atoms with E-state index < -0.39 is 22.9 Å². The highest BCUT2D eigenvalue weighted by Gasteiger charge is 2.38. The molecule has 0 radical (unpaired) electrons. The first-order valence-corrected chi connectivity index (χ1v) is 7.97. The smallest absolute Gasteiger partial charge is 0.307 e. The van der Waals surface area contributed by atoms with E-state index in [4.69, 9.17) is 9.05 Å². The van der Waals surface area contributed by atoms with E-state index in [9.17, 15) is 13.0 Å². The van der Waals surface area contributed by atoms with Crippen molar-refractivity contribution in [3.63, 3.8) is 0 Å². The number of sulfone groups is 1. The van der Waals surface area contributed by atoms with Crippen LogP contribution in [0.25, 0.3) is 0 Å². The maximum Gasteiger partial charge on any atom is 0.345 e. The third-order valence-corrected chi connectivity index (χ3v) is 5.88. The summed E-state index contributed by atoms with van der Waals surface area (Å²) >= 11 is 0. The Kier molecular flexibility index (Phi) is 3.12. The minimum absolute atomic E-state index is 0.203. The van der Waals surface area contributed by atoms with Gasteiger partial charge in [0.15, 0.2) is 15.3 Å². The molecule has 0 aliphatic carbocycles. The van der Waals surface area contributed by atoms with Gasteiger partial charge in [-0.3, -0.25) is 4.57 Å². The normalized spacial score (nSPS) is 25.9. The second-order valence-electron chi connectivity index (χ2n) is 4.38. The van der Waals surface area contributed by atoms with Crippen molar-refractivity contribution >= 4 is 17.4 Å². The monoisotopic (exact) mass is 242 g/mol. The lowest BCUT2D eigenvalue weighted by Crippen LogP contribution is -2.30. The van der Waals surface area contributed by atoms with E-state index in [1.165, 1.54) is 0 Å². The maximum absolute atomic E-state index is 11.7. The summed E-state index contributed by atoms with van der Waals surface area (Å²) in [6, 6.07) is 0. The highest BCUT2D eigenvalue weighted by atomic mass is 32.2. The zero-order valence-electron chi connectivity index (χ0n) is 8.52. The molecular formula is C7H15O5PS. The Balaban J connectivity index is 2.68. The van der Waals surface area contributed by atoms with E-state index in [0.29, 0.717) is 0 Å². The van der Waals surface area contributed by atoms with Crippen LogP contribution in [0.3, 0.4) is 0 Å². The largest absolute Gasteiger partial charge is 0.345 e. The molecule has 1 aliphatic rings. The zero-order chi connectivity index (χ0) is 11.0. The van der Waals surface area contributed by atoms with Gasteiger partial charge in [0.05, 0.1) is 13.2 Å². The standard InChI is InChI=1S/C7H15O5PS/c1-7(2)4-11-13(8,12-5-7)6-14(3,9)10/h4-6H2,1-3H3. The Morgan fingerprint density at radius 3 is 2.07 bits per heavy atom. The molecule has 0 spiro atoms. The van der Waals surface area contributed by atoms with Crippen LogP contribution in [0.15, 0.2) is 0 Å². The Morgan fingerprint density at radius 2 is 1.71 bits per heavy atom. The molecule has 0 aromatic rings. The Morgan fingerprint density at radius 1 is 1.29 bits per heavy atom. The summed E-state index contributed by atoms with van der Waals surface area (Å²) in [6.07, 6.45) is 1.01. The highest BCUT2D eigenvalue weighted by molar-refractivity contribution is 7.97. The predicted octanol–water partition coefficient (Wildman–Crippen LogP) is 1.25. The molecule has 1 fully saturated rings. The number of rotatable bonds is 2. The first kappa shape index (κ1) is 12.2. The van der Waals surface area contributed by atoms with Crippen LogP contribution in [-0.4, -0.2) is 33.4 Å². The molecule has 0 saturated carbocycles. The van der Waals surface area contributed by atoms with Crippen molar-refractivity contribution in [1.29, 1.82) is 0 Å². The fourth-order valence-electron chi connectivity index (χ4n) is 0.987. The van der Waals surface area contributed by atoms with Crippen LogP contribution in [0, 0.1) is 5.41 Å². The molecule has 1 saturated heterocycles. The van der Waals surface area contributed by atoms with Gasteiger partial charge in [-0.1, -0.05) is 13.8 Å². The third kappa shape index (κ3) is 3.69. The number of hydrogen-bond acceptors (Lipinski definition) is 5. The highest BCUT2D eigenvalue weighted by Crippen LogP contribution is 2.54. The van der Waals surface area contributed by atoms with E-state index in [2.05, 4.69) is 0 Å². The Labute approximate surface area is 84.2 Å². The summed E-state index contributed by atoms with van der Waals surface area (Å²) in [5, 5.41) is 0. The summed E-state index contributed by atoms with van der Waals surface area (Å²) in [5.41, 5.74) is -0.735. The summed E-state index contributed by atoms with van der Waals surface area (Å²) in [7, 11) is -6.74. The van der Waals surface area contributed by atoms with Crippen LogP contribution >= 0.6 is 7.60 Å². The Bertz CT molecular complexity index is 344. The molecule has 0 aromatic carbocycles. The van der Waals surface area contributed by atoms with Crippen molar-refractivity contribution in [2.45, 2.75) is 13.8 Å². The fourth-order valence-corrected chi connectivity index (χ4v) is 5.05. The second-order valence-corrected chi connectivity index (χ2v) is 9.00. The van der Waals surface area contributed by atoms with Gasteiger partial charge in [-0.25, -0.2) is 8.42 Å². The van der Waals surface area contributed by atoms with E-state index in [1.54, 1.807) is 0 Å². The van der Waals surface area contributed by atoms with Crippen LogP contribution in [0.1, 0.15) is 13.8 Å². The van der Waals surface area contributed by atoms with Crippen molar-refractivity contribution in [3.8, 4) is 0 Å². The average Bonchev–Trinajstić information content (AvgIpc) is 1.93. The van der Waals surface area contributed by atoms with Gasteiger partial charge in [-0.15, -0.1) is 0 Å². The molecule has 0 bridgehead atoms. The predicted molar refractivity (Wildman–Crippen MR) is 53.0 cm³/mol. The molecular weight excluding hydrogens is 227 g/mol. The minimum atomic E-state index is -3.40. The minimum Gasteiger partial charge on any atom is -0.307 e. The van der Waals surface area contributed by atoms with Crippen LogP contribution in [0.5, 0.6) is 0 Å². The topological polar surface area (TPSA) is 69.7 Å². The van der Waals surface area contributed by atoms with Gasteiger partial charge in [0.25, 0.3) is 0 Å². The summed E-state index contributed by atoms with van der Waals surface area (Å²) in [6.45, 7) is 4.33. The molecule has 0 N–H and O–H groups in total. The van der Waals surface area contributed by atoms with Gasteiger partial charge < -0.3 is 9.05 Å². The molecule has 1 heterocycles. The summed E-state index contributed by atoms with van der Waals surface area (Å²) in [5.74, 6) is 0. The van der Waals surface area contributed by atoms with E-state index in [1.807, 2.05) is 13.8 Å². The average molecular weight is 242 g/mol. The van der Waals surface area contributed by atoms with Crippen molar-refractivity contribution in [3.05, 3.63) is 0 Å². The van der Waals surface area contributed by atoms with Crippen molar-refractivity contribution < 1.29 is 22.0 Å². The summed E-state index contributed by atoms with van der Waals surface area (Å²) < 4.78 is 43.6. The number of hydrogen-bond donors (Lipinski definition) is 0. The molecule has 7 heteroatoms. The lowest BCUT2D eigenvalue weighted by Gasteiger charge is -2.33. The molecule has 14 heavy (non-hydrogen) atoms. The van der Waals surface area contributed by atoms with Crippen LogP contribution in [0.2, 0.25) is 0 Å².